The summed E-state index contributed by atoms with van der Waals surface area (Å²) < 4.78 is 6.50. The van der Waals surface area contributed by atoms with Crippen LogP contribution in [-0.4, -0.2) is 15.6 Å². The van der Waals surface area contributed by atoms with E-state index in [0.29, 0.717) is 0 Å². The lowest BCUT2D eigenvalue weighted by molar-refractivity contribution is -0.0246. The number of nitrogens with one attached hydrogen (secondary N) is 1. The monoisotopic (exact) mass is 337 g/mol. The van der Waals surface area contributed by atoms with Gasteiger partial charge in [0.2, 0.25) is 0 Å². The summed E-state index contributed by atoms with van der Waals surface area (Å²) in [7, 11) is 0. The summed E-state index contributed by atoms with van der Waals surface area (Å²) in [6.07, 6.45) is 10.4. The lowest BCUT2D eigenvalue weighted by Gasteiger charge is -2.45. The SMILES string of the molecule is CC(C)(C)Cc1cc2c(c(Nc3cccnc3)n1)OC1(CCC1)CC2. The smallest absolute Gasteiger partial charge is 0.173 e. The van der Waals surface area contributed by atoms with E-state index < -0.39 is 0 Å². The molecule has 0 bridgehead atoms. The number of anilines is 2. The van der Waals surface area contributed by atoms with Gasteiger partial charge in [0.1, 0.15) is 5.60 Å². The van der Waals surface area contributed by atoms with Gasteiger partial charge in [-0.25, -0.2) is 4.98 Å². The van der Waals surface area contributed by atoms with Crippen LogP contribution in [0.1, 0.15) is 57.7 Å². The second kappa shape index (κ2) is 6.01. The highest BCUT2D eigenvalue weighted by molar-refractivity contribution is 5.65. The van der Waals surface area contributed by atoms with E-state index in [1.165, 1.54) is 24.8 Å². The first-order valence-corrected chi connectivity index (χ1v) is 9.31. The lowest BCUT2D eigenvalue weighted by Crippen LogP contribution is -2.46. The van der Waals surface area contributed by atoms with Crippen molar-refractivity contribution in [3.63, 3.8) is 0 Å². The topological polar surface area (TPSA) is 47.0 Å². The van der Waals surface area contributed by atoms with Crippen LogP contribution in [0.5, 0.6) is 5.75 Å². The molecule has 0 unspecified atom stereocenters. The third-order valence-corrected chi connectivity index (χ3v) is 5.17. The van der Waals surface area contributed by atoms with Gasteiger partial charge in [0, 0.05) is 11.9 Å². The van der Waals surface area contributed by atoms with E-state index >= 15 is 0 Å². The number of rotatable bonds is 3. The first-order chi connectivity index (χ1) is 11.9. The maximum absolute atomic E-state index is 6.50. The van der Waals surface area contributed by atoms with Crippen LogP contribution in [0.3, 0.4) is 0 Å². The molecule has 1 aliphatic heterocycles. The Hall–Kier alpha value is -2.10. The molecule has 0 aromatic carbocycles. The average molecular weight is 337 g/mol. The van der Waals surface area contributed by atoms with Crippen molar-refractivity contribution in [2.24, 2.45) is 5.41 Å². The highest BCUT2D eigenvalue weighted by Crippen LogP contribution is 2.47. The van der Waals surface area contributed by atoms with E-state index in [9.17, 15) is 0 Å². The van der Waals surface area contributed by atoms with Crippen LogP contribution in [0, 0.1) is 5.41 Å². The number of hydrogen-bond donors (Lipinski definition) is 1. The van der Waals surface area contributed by atoms with Gasteiger partial charge in [0.15, 0.2) is 11.6 Å². The lowest BCUT2D eigenvalue weighted by atomic mass is 9.74. The number of aryl methyl sites for hydroxylation is 1. The third-order valence-electron chi connectivity index (χ3n) is 5.17. The van der Waals surface area contributed by atoms with Gasteiger partial charge in [-0.15, -0.1) is 0 Å². The second-order valence-electron chi connectivity index (χ2n) is 8.69. The standard InChI is InChI=1S/C21H27N3O/c1-20(2,3)13-17-12-15-7-10-21(8-5-9-21)25-18(15)19(24-17)23-16-6-4-11-22-14-16/h4,6,11-12,14H,5,7-10,13H2,1-3H3,(H,23,24). The van der Waals surface area contributed by atoms with Crippen LogP contribution in [0.4, 0.5) is 11.5 Å². The predicted molar refractivity (Wildman–Crippen MR) is 100 cm³/mol. The predicted octanol–water partition coefficient (Wildman–Crippen LogP) is 5.06. The van der Waals surface area contributed by atoms with Gasteiger partial charge in [0.25, 0.3) is 0 Å². The minimum atomic E-state index is 0.0611. The summed E-state index contributed by atoms with van der Waals surface area (Å²) >= 11 is 0. The molecule has 2 aliphatic rings. The van der Waals surface area contributed by atoms with Crippen molar-refractivity contribution in [3.8, 4) is 5.75 Å². The highest BCUT2D eigenvalue weighted by Gasteiger charge is 2.43. The molecule has 3 heterocycles. The van der Waals surface area contributed by atoms with Crippen molar-refractivity contribution in [3.05, 3.63) is 41.9 Å². The molecule has 0 saturated heterocycles. The number of hydrogen-bond acceptors (Lipinski definition) is 4. The molecule has 4 nitrogen and oxygen atoms in total. The fourth-order valence-electron chi connectivity index (χ4n) is 3.79. The number of pyridine rings is 2. The van der Waals surface area contributed by atoms with Gasteiger partial charge in [0.05, 0.1) is 11.9 Å². The van der Waals surface area contributed by atoms with Gasteiger partial charge >= 0.3 is 0 Å². The van der Waals surface area contributed by atoms with Crippen molar-refractivity contribution in [2.75, 3.05) is 5.32 Å². The number of aromatic nitrogens is 2. The Morgan fingerprint density at radius 3 is 2.72 bits per heavy atom. The van der Waals surface area contributed by atoms with E-state index in [0.717, 1.165) is 42.2 Å². The molecule has 4 heteroatoms. The molecule has 1 aliphatic carbocycles. The van der Waals surface area contributed by atoms with Gasteiger partial charge < -0.3 is 10.1 Å². The Balaban J connectivity index is 1.71. The Morgan fingerprint density at radius 1 is 1.24 bits per heavy atom. The quantitative estimate of drug-likeness (QED) is 0.851. The number of nitrogens with zero attached hydrogens (tertiary/aromatic N) is 2. The Labute approximate surface area is 150 Å². The van der Waals surface area contributed by atoms with Crippen LogP contribution < -0.4 is 10.1 Å². The average Bonchev–Trinajstić information content (AvgIpc) is 2.52. The Morgan fingerprint density at radius 2 is 2.08 bits per heavy atom. The summed E-state index contributed by atoms with van der Waals surface area (Å²) in [4.78, 5) is 9.13. The summed E-state index contributed by atoms with van der Waals surface area (Å²) in [5.74, 6) is 1.79. The third kappa shape index (κ3) is 3.48. The summed E-state index contributed by atoms with van der Waals surface area (Å²) in [6.45, 7) is 6.76. The van der Waals surface area contributed by atoms with E-state index in [2.05, 4.69) is 37.1 Å². The largest absolute Gasteiger partial charge is 0.483 e. The van der Waals surface area contributed by atoms with Crippen LogP contribution in [-0.2, 0) is 12.8 Å². The van der Waals surface area contributed by atoms with E-state index in [-0.39, 0.29) is 11.0 Å². The van der Waals surface area contributed by atoms with Gasteiger partial charge in [-0.2, -0.15) is 0 Å². The van der Waals surface area contributed by atoms with Crippen LogP contribution in [0.15, 0.2) is 30.6 Å². The van der Waals surface area contributed by atoms with Gasteiger partial charge in [-0.1, -0.05) is 20.8 Å². The van der Waals surface area contributed by atoms with E-state index in [1.54, 1.807) is 6.20 Å². The molecule has 1 fully saturated rings. The molecule has 132 valence electrons. The van der Waals surface area contributed by atoms with Crippen molar-refractivity contribution >= 4 is 11.5 Å². The molecule has 2 aromatic rings. The van der Waals surface area contributed by atoms with Crippen molar-refractivity contribution in [1.29, 1.82) is 0 Å². The molecular weight excluding hydrogens is 310 g/mol. The first kappa shape index (κ1) is 16.4. The van der Waals surface area contributed by atoms with Crippen molar-refractivity contribution in [1.82, 2.24) is 9.97 Å². The Kier molecular flexibility index (Phi) is 3.94. The molecular formula is C21H27N3O. The summed E-state index contributed by atoms with van der Waals surface area (Å²) in [5.41, 5.74) is 3.63. The molecule has 2 aromatic heterocycles. The molecule has 0 atom stereocenters. The van der Waals surface area contributed by atoms with Gasteiger partial charge in [-0.05, 0) is 67.7 Å². The Bertz CT molecular complexity index is 761. The summed E-state index contributed by atoms with van der Waals surface area (Å²) in [6, 6.07) is 6.20. The zero-order chi connectivity index (χ0) is 17.5. The summed E-state index contributed by atoms with van der Waals surface area (Å²) in [5, 5.41) is 3.45. The highest BCUT2D eigenvalue weighted by atomic mass is 16.5. The fourth-order valence-corrected chi connectivity index (χ4v) is 3.79. The first-order valence-electron chi connectivity index (χ1n) is 9.31. The fraction of sp³-hybridized carbons (Fsp3) is 0.524. The molecule has 1 spiro atoms. The molecule has 4 rings (SSSR count). The van der Waals surface area contributed by atoms with Crippen molar-refractivity contribution < 1.29 is 4.74 Å². The number of fused-ring (bicyclic) bond motifs is 1. The van der Waals surface area contributed by atoms with Crippen molar-refractivity contribution in [2.45, 2.75) is 64.9 Å². The minimum absolute atomic E-state index is 0.0611. The zero-order valence-corrected chi connectivity index (χ0v) is 15.4. The molecule has 1 N–H and O–H groups in total. The minimum Gasteiger partial charge on any atom is -0.483 e. The molecule has 0 radical (unpaired) electrons. The van der Waals surface area contributed by atoms with Crippen LogP contribution in [0.25, 0.3) is 0 Å². The van der Waals surface area contributed by atoms with Crippen LogP contribution in [0.2, 0.25) is 0 Å². The second-order valence-corrected chi connectivity index (χ2v) is 8.69. The van der Waals surface area contributed by atoms with Gasteiger partial charge in [-0.3, -0.25) is 4.98 Å². The normalized spacial score (nSPS) is 18.2. The maximum Gasteiger partial charge on any atom is 0.173 e. The van der Waals surface area contributed by atoms with Crippen LogP contribution >= 0.6 is 0 Å². The number of ether oxygens (including phenoxy) is 1. The molecule has 0 amide bonds. The molecule has 25 heavy (non-hydrogen) atoms. The molecule has 1 saturated carbocycles. The zero-order valence-electron chi connectivity index (χ0n) is 15.4. The van der Waals surface area contributed by atoms with E-state index in [4.69, 9.17) is 9.72 Å². The maximum atomic E-state index is 6.50. The van der Waals surface area contributed by atoms with E-state index in [1.807, 2.05) is 18.3 Å².